The van der Waals surface area contributed by atoms with Gasteiger partial charge in [0.05, 0.1) is 6.61 Å². The Labute approximate surface area is 88.1 Å². The lowest BCUT2D eigenvalue weighted by atomic mass is 10.2. The van der Waals surface area contributed by atoms with Gasteiger partial charge in [-0.15, -0.1) is 0 Å². The van der Waals surface area contributed by atoms with Gasteiger partial charge in [-0.1, -0.05) is 0 Å². The Bertz CT molecular complexity index is 473. The van der Waals surface area contributed by atoms with Crippen molar-refractivity contribution in [3.05, 3.63) is 30.0 Å². The number of rotatable bonds is 4. The Kier molecular flexibility index (Phi) is 2.72. The number of ether oxygens (including phenoxy) is 1. The highest BCUT2D eigenvalue weighted by atomic mass is 16.5. The molecule has 2 rings (SSSR count). The van der Waals surface area contributed by atoms with Gasteiger partial charge in [0, 0.05) is 23.0 Å². The second-order valence-electron chi connectivity index (χ2n) is 3.35. The van der Waals surface area contributed by atoms with Crippen LogP contribution >= 0.6 is 0 Å². The van der Waals surface area contributed by atoms with Crippen LogP contribution in [0.1, 0.15) is 12.6 Å². The van der Waals surface area contributed by atoms with E-state index < -0.39 is 0 Å². The van der Waals surface area contributed by atoms with E-state index in [1.54, 1.807) is 0 Å². The fourth-order valence-electron chi connectivity index (χ4n) is 1.63. The standard InChI is InChI=1S/C12H13NO2/c1-2-15-11-3-4-12-9(8-11)7-10(13-12)5-6-14/h3-4,6-8,13H,2,5H2,1H3. The van der Waals surface area contributed by atoms with E-state index in [0.29, 0.717) is 13.0 Å². The predicted octanol–water partition coefficient (Wildman–Crippen LogP) is 2.31. The smallest absolute Gasteiger partial charge is 0.125 e. The summed E-state index contributed by atoms with van der Waals surface area (Å²) in [7, 11) is 0. The van der Waals surface area contributed by atoms with Crippen LogP contribution in [0.5, 0.6) is 5.75 Å². The molecule has 0 aliphatic heterocycles. The number of fused-ring (bicyclic) bond motifs is 1. The molecular formula is C12H13NO2. The Morgan fingerprint density at radius 2 is 2.27 bits per heavy atom. The number of aldehydes is 1. The average molecular weight is 203 g/mol. The highest BCUT2D eigenvalue weighted by Crippen LogP contribution is 2.21. The number of carbonyl (C=O) groups excluding carboxylic acids is 1. The first kappa shape index (κ1) is 9.77. The van der Waals surface area contributed by atoms with Crippen molar-refractivity contribution in [3.63, 3.8) is 0 Å². The van der Waals surface area contributed by atoms with Crippen molar-refractivity contribution < 1.29 is 9.53 Å². The molecule has 0 aliphatic rings. The topological polar surface area (TPSA) is 42.1 Å². The van der Waals surface area contributed by atoms with Crippen LogP contribution in [0.15, 0.2) is 24.3 Å². The van der Waals surface area contributed by atoms with Gasteiger partial charge in [-0.05, 0) is 31.2 Å². The zero-order valence-electron chi connectivity index (χ0n) is 8.62. The summed E-state index contributed by atoms with van der Waals surface area (Å²) < 4.78 is 5.40. The van der Waals surface area contributed by atoms with Gasteiger partial charge < -0.3 is 14.5 Å². The molecule has 3 nitrogen and oxygen atoms in total. The van der Waals surface area contributed by atoms with Crippen LogP contribution in [0.2, 0.25) is 0 Å². The van der Waals surface area contributed by atoms with Crippen LogP contribution < -0.4 is 4.74 Å². The van der Waals surface area contributed by atoms with Gasteiger partial charge in [0.2, 0.25) is 0 Å². The van der Waals surface area contributed by atoms with E-state index in [9.17, 15) is 4.79 Å². The third kappa shape index (κ3) is 2.01. The van der Waals surface area contributed by atoms with E-state index in [1.165, 1.54) is 0 Å². The molecule has 0 bridgehead atoms. The molecule has 0 fully saturated rings. The zero-order valence-corrected chi connectivity index (χ0v) is 8.62. The summed E-state index contributed by atoms with van der Waals surface area (Å²) in [4.78, 5) is 13.6. The van der Waals surface area contributed by atoms with Gasteiger partial charge in [0.25, 0.3) is 0 Å². The lowest BCUT2D eigenvalue weighted by Crippen LogP contribution is -1.90. The largest absolute Gasteiger partial charge is 0.494 e. The number of H-pyrrole nitrogens is 1. The van der Waals surface area contributed by atoms with E-state index in [1.807, 2.05) is 31.2 Å². The van der Waals surface area contributed by atoms with Crippen LogP contribution in [-0.2, 0) is 11.2 Å². The van der Waals surface area contributed by atoms with Crippen molar-refractivity contribution in [2.24, 2.45) is 0 Å². The molecule has 78 valence electrons. The van der Waals surface area contributed by atoms with Crippen molar-refractivity contribution in [3.8, 4) is 5.75 Å². The maximum atomic E-state index is 10.4. The van der Waals surface area contributed by atoms with Crippen LogP contribution in [0, 0.1) is 0 Å². The molecule has 1 N–H and O–H groups in total. The molecule has 0 amide bonds. The van der Waals surface area contributed by atoms with Gasteiger partial charge in [0.15, 0.2) is 0 Å². The van der Waals surface area contributed by atoms with Gasteiger partial charge >= 0.3 is 0 Å². The number of benzene rings is 1. The van der Waals surface area contributed by atoms with Crippen molar-refractivity contribution >= 4 is 17.2 Å². The minimum atomic E-state index is 0.429. The van der Waals surface area contributed by atoms with E-state index >= 15 is 0 Å². The first-order valence-corrected chi connectivity index (χ1v) is 5.01. The first-order chi connectivity index (χ1) is 7.33. The quantitative estimate of drug-likeness (QED) is 0.775. The molecule has 3 heteroatoms. The Morgan fingerprint density at radius 1 is 1.40 bits per heavy atom. The summed E-state index contributed by atoms with van der Waals surface area (Å²) in [5.41, 5.74) is 1.98. The molecule has 15 heavy (non-hydrogen) atoms. The number of aromatic amines is 1. The van der Waals surface area contributed by atoms with Crippen LogP contribution in [0.4, 0.5) is 0 Å². The molecule has 1 heterocycles. The SMILES string of the molecule is CCOc1ccc2[nH]c(CC=O)cc2c1. The van der Waals surface area contributed by atoms with Gasteiger partial charge in [-0.3, -0.25) is 0 Å². The van der Waals surface area contributed by atoms with Crippen molar-refractivity contribution in [2.45, 2.75) is 13.3 Å². The van der Waals surface area contributed by atoms with Crippen molar-refractivity contribution in [2.75, 3.05) is 6.61 Å². The summed E-state index contributed by atoms with van der Waals surface area (Å²) in [5.74, 6) is 0.863. The van der Waals surface area contributed by atoms with Crippen LogP contribution in [0.25, 0.3) is 10.9 Å². The Balaban J connectivity index is 2.38. The molecule has 2 aromatic rings. The summed E-state index contributed by atoms with van der Waals surface area (Å²) in [6.07, 6.45) is 1.33. The van der Waals surface area contributed by atoms with Gasteiger partial charge in [-0.2, -0.15) is 0 Å². The third-order valence-electron chi connectivity index (χ3n) is 2.26. The molecule has 0 atom stereocenters. The number of carbonyl (C=O) groups is 1. The third-order valence-corrected chi connectivity index (χ3v) is 2.26. The van der Waals surface area contributed by atoms with Crippen molar-refractivity contribution in [1.29, 1.82) is 0 Å². The normalized spacial score (nSPS) is 10.5. The monoisotopic (exact) mass is 203 g/mol. The number of nitrogens with one attached hydrogen (secondary N) is 1. The fourth-order valence-corrected chi connectivity index (χ4v) is 1.63. The number of hydrogen-bond donors (Lipinski definition) is 1. The number of hydrogen-bond acceptors (Lipinski definition) is 2. The maximum absolute atomic E-state index is 10.4. The van der Waals surface area contributed by atoms with E-state index in [2.05, 4.69) is 4.98 Å². The Morgan fingerprint density at radius 3 is 3.00 bits per heavy atom. The van der Waals surface area contributed by atoms with Gasteiger partial charge in [-0.25, -0.2) is 0 Å². The molecule has 1 aromatic carbocycles. The average Bonchev–Trinajstić information content (AvgIpc) is 2.60. The first-order valence-electron chi connectivity index (χ1n) is 5.01. The fraction of sp³-hybridized carbons (Fsp3) is 0.250. The van der Waals surface area contributed by atoms with Gasteiger partial charge in [0.1, 0.15) is 12.0 Å². The molecule has 0 radical (unpaired) electrons. The summed E-state index contributed by atoms with van der Waals surface area (Å²) in [5, 5.41) is 1.08. The molecular weight excluding hydrogens is 190 g/mol. The maximum Gasteiger partial charge on any atom is 0.125 e. The summed E-state index contributed by atoms with van der Waals surface area (Å²) in [6, 6.07) is 7.84. The second-order valence-corrected chi connectivity index (χ2v) is 3.35. The minimum Gasteiger partial charge on any atom is -0.494 e. The molecule has 0 saturated carbocycles. The molecule has 1 aromatic heterocycles. The van der Waals surface area contributed by atoms with Crippen LogP contribution in [-0.4, -0.2) is 17.9 Å². The summed E-state index contributed by atoms with van der Waals surface area (Å²) >= 11 is 0. The molecule has 0 saturated heterocycles. The van der Waals surface area contributed by atoms with Crippen LogP contribution in [0.3, 0.4) is 0 Å². The van der Waals surface area contributed by atoms with E-state index in [0.717, 1.165) is 28.6 Å². The lowest BCUT2D eigenvalue weighted by Gasteiger charge is -2.01. The highest BCUT2D eigenvalue weighted by Gasteiger charge is 2.01. The number of aromatic nitrogens is 1. The Hall–Kier alpha value is -1.77. The summed E-state index contributed by atoms with van der Waals surface area (Å²) in [6.45, 7) is 2.62. The van der Waals surface area contributed by atoms with E-state index in [-0.39, 0.29) is 0 Å². The predicted molar refractivity (Wildman–Crippen MR) is 59.2 cm³/mol. The lowest BCUT2D eigenvalue weighted by molar-refractivity contribution is -0.107. The van der Waals surface area contributed by atoms with E-state index in [4.69, 9.17) is 4.74 Å². The minimum absolute atomic E-state index is 0.429. The molecule has 0 aliphatic carbocycles. The molecule has 0 spiro atoms. The second kappa shape index (κ2) is 4.17. The highest BCUT2D eigenvalue weighted by molar-refractivity contribution is 5.82. The van der Waals surface area contributed by atoms with Crippen molar-refractivity contribution in [1.82, 2.24) is 4.98 Å². The zero-order chi connectivity index (χ0) is 10.7. The molecule has 0 unspecified atom stereocenters.